The summed E-state index contributed by atoms with van der Waals surface area (Å²) in [5.74, 6) is -6.79. The van der Waals surface area contributed by atoms with Crippen molar-refractivity contribution in [2.75, 3.05) is 6.61 Å². The highest BCUT2D eigenvalue weighted by Crippen LogP contribution is 2.34. The summed E-state index contributed by atoms with van der Waals surface area (Å²) in [6.45, 7) is 3.79. The highest BCUT2D eigenvalue weighted by molar-refractivity contribution is 5.94. The molecule has 0 saturated carbocycles. The predicted octanol–water partition coefficient (Wildman–Crippen LogP) is 1.19. The average Bonchev–Trinajstić information content (AvgIpc) is 2.93. The van der Waals surface area contributed by atoms with Crippen molar-refractivity contribution in [3.8, 4) is 5.75 Å². The van der Waals surface area contributed by atoms with Crippen LogP contribution >= 0.6 is 0 Å². The van der Waals surface area contributed by atoms with Crippen LogP contribution in [-0.4, -0.2) is 55.5 Å². The van der Waals surface area contributed by atoms with Crippen LogP contribution in [-0.2, 0) is 14.4 Å². The molecule has 9 nitrogen and oxygen atoms in total. The van der Waals surface area contributed by atoms with Gasteiger partial charge in [0.25, 0.3) is 0 Å². The van der Waals surface area contributed by atoms with Gasteiger partial charge in [-0.1, -0.05) is 12.7 Å². The molecular weight excluding hydrogens is 346 g/mol. The van der Waals surface area contributed by atoms with E-state index in [1.807, 2.05) is 0 Å². The van der Waals surface area contributed by atoms with Crippen LogP contribution in [0.2, 0.25) is 0 Å². The molecule has 0 aliphatic rings. The molecule has 0 saturated heterocycles. The number of carbonyl (C=O) groups is 3. The van der Waals surface area contributed by atoms with Gasteiger partial charge in [-0.2, -0.15) is 0 Å². The monoisotopic (exact) mass is 363 g/mol. The smallest absolute Gasteiger partial charge is 0.337 e. The summed E-state index contributed by atoms with van der Waals surface area (Å²) in [6, 6.07) is 6.13. The number of H-pyrrole nitrogens is 1. The number of aliphatic carboxylic acids is 3. The van der Waals surface area contributed by atoms with E-state index in [1.165, 1.54) is 6.07 Å². The van der Waals surface area contributed by atoms with Gasteiger partial charge in [0, 0.05) is 16.6 Å². The molecule has 0 fully saturated rings. The van der Waals surface area contributed by atoms with Crippen molar-refractivity contribution in [3.63, 3.8) is 0 Å². The molecule has 0 amide bonds. The number of hydrogen-bond acceptors (Lipinski definition) is 5. The lowest BCUT2D eigenvalue weighted by Gasteiger charge is -2.27. The molecule has 26 heavy (non-hydrogen) atoms. The van der Waals surface area contributed by atoms with E-state index >= 15 is 0 Å². The minimum Gasteiger partial charge on any atom is -0.490 e. The number of aromatic nitrogens is 1. The maximum absolute atomic E-state index is 11.6. The third-order valence-electron chi connectivity index (χ3n) is 3.81. The van der Waals surface area contributed by atoms with E-state index in [0.29, 0.717) is 16.7 Å². The number of aromatic amines is 1. The molecule has 138 valence electrons. The standard InChI is InChI=1S/C17H17NO8/c1-2-5-26-10-3-4-11-9(6-10)7-12(18-11)14(15(21)22)17(25,16(23)24)8-13(19)20/h2-4,6-7,14,18,25H,1,5,8H2,(H,19,20)(H,21,22)(H,23,24). The average molecular weight is 363 g/mol. The highest BCUT2D eigenvalue weighted by Gasteiger charge is 2.51. The molecule has 2 aromatic rings. The Labute approximate surface area is 147 Å². The second-order valence-corrected chi connectivity index (χ2v) is 5.64. The van der Waals surface area contributed by atoms with E-state index in [4.69, 9.17) is 9.84 Å². The van der Waals surface area contributed by atoms with Crippen LogP contribution in [0.15, 0.2) is 36.9 Å². The second kappa shape index (κ2) is 7.28. The normalized spacial score (nSPS) is 14.3. The minimum atomic E-state index is -3.03. The SMILES string of the molecule is C=CCOc1ccc2[nH]c(C(C(=O)O)C(O)(CC(=O)O)C(=O)O)cc2c1. The van der Waals surface area contributed by atoms with E-state index in [-0.39, 0.29) is 12.3 Å². The van der Waals surface area contributed by atoms with Crippen LogP contribution in [0.5, 0.6) is 5.75 Å². The summed E-state index contributed by atoms with van der Waals surface area (Å²) in [5.41, 5.74) is -2.69. The van der Waals surface area contributed by atoms with E-state index in [9.17, 15) is 29.7 Å². The molecule has 2 atom stereocenters. The van der Waals surface area contributed by atoms with Gasteiger partial charge < -0.3 is 30.1 Å². The predicted molar refractivity (Wildman–Crippen MR) is 89.2 cm³/mol. The molecule has 0 bridgehead atoms. The van der Waals surface area contributed by atoms with E-state index in [1.54, 1.807) is 24.3 Å². The lowest BCUT2D eigenvalue weighted by molar-refractivity contribution is -0.173. The summed E-state index contributed by atoms with van der Waals surface area (Å²) in [4.78, 5) is 36.8. The topological polar surface area (TPSA) is 157 Å². The summed E-state index contributed by atoms with van der Waals surface area (Å²) >= 11 is 0. The van der Waals surface area contributed by atoms with Crippen molar-refractivity contribution < 1.29 is 39.5 Å². The molecule has 9 heteroatoms. The highest BCUT2D eigenvalue weighted by atomic mass is 16.5. The van der Waals surface area contributed by atoms with Crippen LogP contribution in [0.3, 0.4) is 0 Å². The number of nitrogens with one attached hydrogen (secondary N) is 1. The summed E-state index contributed by atoms with van der Waals surface area (Å²) < 4.78 is 5.37. The second-order valence-electron chi connectivity index (χ2n) is 5.64. The van der Waals surface area contributed by atoms with Crippen molar-refractivity contribution in [2.45, 2.75) is 17.9 Å². The molecule has 1 aromatic heterocycles. The zero-order valence-corrected chi connectivity index (χ0v) is 13.5. The maximum atomic E-state index is 11.6. The number of rotatable bonds is 9. The third kappa shape index (κ3) is 3.67. The Bertz CT molecular complexity index is 871. The first-order valence-electron chi connectivity index (χ1n) is 7.45. The van der Waals surface area contributed by atoms with Gasteiger partial charge in [0.1, 0.15) is 18.3 Å². The van der Waals surface area contributed by atoms with Gasteiger partial charge in [0.05, 0.1) is 6.42 Å². The quantitative estimate of drug-likeness (QED) is 0.416. The van der Waals surface area contributed by atoms with Gasteiger partial charge in [-0.05, 0) is 24.3 Å². The minimum absolute atomic E-state index is 0.139. The zero-order chi connectivity index (χ0) is 19.5. The Balaban J connectivity index is 2.52. The first-order chi connectivity index (χ1) is 12.2. The number of aliphatic hydroxyl groups is 1. The van der Waals surface area contributed by atoms with Gasteiger partial charge in [-0.3, -0.25) is 9.59 Å². The maximum Gasteiger partial charge on any atom is 0.337 e. The van der Waals surface area contributed by atoms with Crippen molar-refractivity contribution in [1.82, 2.24) is 4.98 Å². The lowest BCUT2D eigenvalue weighted by atomic mass is 9.82. The Morgan fingerprint density at radius 1 is 1.23 bits per heavy atom. The molecular formula is C17H17NO8. The van der Waals surface area contributed by atoms with Gasteiger partial charge >= 0.3 is 17.9 Å². The Hall–Kier alpha value is -3.33. The van der Waals surface area contributed by atoms with E-state index < -0.39 is 35.8 Å². The molecule has 2 rings (SSSR count). The largest absolute Gasteiger partial charge is 0.490 e. The van der Waals surface area contributed by atoms with Crippen LogP contribution in [0.1, 0.15) is 18.0 Å². The molecule has 1 aromatic carbocycles. The van der Waals surface area contributed by atoms with Crippen LogP contribution in [0.25, 0.3) is 10.9 Å². The fourth-order valence-corrected chi connectivity index (χ4v) is 2.66. The van der Waals surface area contributed by atoms with Crippen molar-refractivity contribution in [1.29, 1.82) is 0 Å². The molecule has 0 spiro atoms. The van der Waals surface area contributed by atoms with Crippen LogP contribution in [0, 0.1) is 0 Å². The Kier molecular flexibility index (Phi) is 5.32. The van der Waals surface area contributed by atoms with Crippen LogP contribution in [0.4, 0.5) is 0 Å². The number of ether oxygens (including phenoxy) is 1. The first kappa shape index (κ1) is 19.0. The van der Waals surface area contributed by atoms with Gasteiger partial charge in [0.15, 0.2) is 5.60 Å². The van der Waals surface area contributed by atoms with Gasteiger partial charge in [0.2, 0.25) is 0 Å². The van der Waals surface area contributed by atoms with Crippen molar-refractivity contribution >= 4 is 28.8 Å². The van der Waals surface area contributed by atoms with Crippen LogP contribution < -0.4 is 4.74 Å². The van der Waals surface area contributed by atoms with E-state index in [0.717, 1.165) is 0 Å². The molecule has 2 unspecified atom stereocenters. The zero-order valence-electron chi connectivity index (χ0n) is 13.5. The fourth-order valence-electron chi connectivity index (χ4n) is 2.66. The van der Waals surface area contributed by atoms with Gasteiger partial charge in [-0.25, -0.2) is 4.79 Å². The molecule has 0 aliphatic carbocycles. The number of fused-ring (bicyclic) bond motifs is 1. The lowest BCUT2D eigenvalue weighted by Crippen LogP contribution is -2.49. The number of carboxylic acid groups (broad SMARTS) is 3. The first-order valence-corrected chi connectivity index (χ1v) is 7.45. The fraction of sp³-hybridized carbons (Fsp3) is 0.235. The molecule has 0 radical (unpaired) electrons. The third-order valence-corrected chi connectivity index (χ3v) is 3.81. The van der Waals surface area contributed by atoms with Gasteiger partial charge in [-0.15, -0.1) is 0 Å². The molecule has 5 N–H and O–H groups in total. The number of benzene rings is 1. The number of hydrogen-bond donors (Lipinski definition) is 5. The summed E-state index contributed by atoms with van der Waals surface area (Å²) in [5, 5.41) is 38.4. The summed E-state index contributed by atoms with van der Waals surface area (Å²) in [6.07, 6.45) is 0.272. The molecule has 0 aliphatic heterocycles. The number of carboxylic acids is 3. The van der Waals surface area contributed by atoms with Crippen molar-refractivity contribution in [3.05, 3.63) is 42.6 Å². The van der Waals surface area contributed by atoms with E-state index in [2.05, 4.69) is 11.6 Å². The molecule has 1 heterocycles. The van der Waals surface area contributed by atoms with Crippen molar-refractivity contribution in [2.24, 2.45) is 0 Å². The Morgan fingerprint density at radius 2 is 1.92 bits per heavy atom. The Morgan fingerprint density at radius 3 is 2.46 bits per heavy atom. The summed E-state index contributed by atoms with van der Waals surface area (Å²) in [7, 11) is 0.